The van der Waals surface area contributed by atoms with Crippen LogP contribution in [0.15, 0.2) is 22.8 Å². The highest BCUT2D eigenvalue weighted by Crippen LogP contribution is 2.76. The molecule has 2 aromatic rings. The van der Waals surface area contributed by atoms with E-state index in [0.717, 1.165) is 0 Å². The number of fused-ring (bicyclic) bond motifs is 1. The van der Waals surface area contributed by atoms with E-state index in [1.807, 2.05) is 0 Å². The normalized spacial score (nSPS) is 24.0. The number of hydrogen-bond donors (Lipinski definition) is 0. The van der Waals surface area contributed by atoms with E-state index in [-0.39, 0.29) is 0 Å². The number of halogens is 15. The van der Waals surface area contributed by atoms with Gasteiger partial charge in [-0.3, -0.25) is 0 Å². The number of alkyl halides is 2. The molecule has 0 aromatic heterocycles. The highest BCUT2D eigenvalue weighted by Gasteiger charge is 2.81. The van der Waals surface area contributed by atoms with E-state index in [4.69, 9.17) is 0 Å². The Labute approximate surface area is 193 Å². The van der Waals surface area contributed by atoms with Crippen LogP contribution in [0.4, 0.5) is 65.9 Å². The van der Waals surface area contributed by atoms with Crippen molar-refractivity contribution < 1.29 is 65.9 Å². The molecule has 0 radical (unpaired) electrons. The molecule has 2 aliphatic rings. The second kappa shape index (κ2) is 7.76. The summed E-state index contributed by atoms with van der Waals surface area (Å²) in [6.07, 6.45) is -1.99. The fourth-order valence-corrected chi connectivity index (χ4v) is 8.76. The van der Waals surface area contributed by atoms with Gasteiger partial charge < -0.3 is 0 Å². The molecule has 0 amide bonds. The standard InChI is InChI=1S/C19H2F15PS/c20-2-4(22)8(26)14(9(27)5(2)23)35(36,15-10(28)6(24)3(21)7(25)11(15)29)17-13(31)12(30)16(32)18(33)1-19(17,18)34/h1H2. The molecule has 0 saturated heterocycles. The molecule has 1 saturated carbocycles. The topological polar surface area (TPSA) is 0 Å². The van der Waals surface area contributed by atoms with Crippen LogP contribution in [0, 0.1) is 58.2 Å². The van der Waals surface area contributed by atoms with Crippen LogP contribution in [0.1, 0.15) is 6.42 Å². The summed E-state index contributed by atoms with van der Waals surface area (Å²) < 4.78 is 215. The summed E-state index contributed by atoms with van der Waals surface area (Å²) in [5.41, 5.74) is -8.63. The summed E-state index contributed by atoms with van der Waals surface area (Å²) in [5.74, 6) is -39.2. The Hall–Kier alpha value is -2.48. The highest BCUT2D eigenvalue weighted by atomic mass is 32.4. The smallest absolute Gasteiger partial charge is 0.206 e. The predicted molar refractivity (Wildman–Crippen MR) is 95.7 cm³/mol. The van der Waals surface area contributed by atoms with Crippen LogP contribution >= 0.6 is 6.04 Å². The molecule has 1 fully saturated rings. The van der Waals surface area contributed by atoms with E-state index < -0.39 is 115 Å². The Morgan fingerprint density at radius 3 is 1.11 bits per heavy atom. The van der Waals surface area contributed by atoms with Crippen LogP contribution in [-0.2, 0) is 11.8 Å². The van der Waals surface area contributed by atoms with E-state index in [1.165, 1.54) is 0 Å². The maximum atomic E-state index is 15.5. The van der Waals surface area contributed by atoms with E-state index in [1.54, 1.807) is 0 Å². The van der Waals surface area contributed by atoms with Crippen molar-refractivity contribution in [2.45, 2.75) is 17.8 Å². The minimum absolute atomic E-state index is 1.99. The van der Waals surface area contributed by atoms with Crippen LogP contribution in [0.25, 0.3) is 0 Å². The zero-order valence-electron chi connectivity index (χ0n) is 16.2. The molecule has 17 heteroatoms. The first-order chi connectivity index (χ1) is 16.4. The van der Waals surface area contributed by atoms with Gasteiger partial charge in [0.2, 0.25) is 17.3 Å². The van der Waals surface area contributed by atoms with Crippen molar-refractivity contribution in [1.29, 1.82) is 0 Å². The molecular formula is C19H2F15PS. The third-order valence-electron chi connectivity index (χ3n) is 5.62. The van der Waals surface area contributed by atoms with Gasteiger partial charge >= 0.3 is 0 Å². The summed E-state index contributed by atoms with van der Waals surface area (Å²) in [6, 6.07) is -6.55. The molecule has 4 rings (SSSR count). The van der Waals surface area contributed by atoms with Crippen molar-refractivity contribution in [1.82, 2.24) is 0 Å². The van der Waals surface area contributed by atoms with E-state index in [9.17, 15) is 61.5 Å². The first kappa shape index (κ1) is 26.6. The van der Waals surface area contributed by atoms with E-state index in [2.05, 4.69) is 11.8 Å². The SMILES string of the molecule is FC1=C(F)C2(F)CC2(F)C(P(=S)(c2c(F)c(F)c(F)c(F)c2F)c2c(F)c(F)c(F)c(F)c2F)=C1F. The van der Waals surface area contributed by atoms with Gasteiger partial charge in [-0.05, 0) is 0 Å². The zero-order valence-corrected chi connectivity index (χ0v) is 17.9. The summed E-state index contributed by atoms with van der Waals surface area (Å²) in [5, 5.41) is -8.04. The highest BCUT2D eigenvalue weighted by molar-refractivity contribution is 8.24. The third kappa shape index (κ3) is 2.91. The van der Waals surface area contributed by atoms with E-state index >= 15 is 4.39 Å². The molecule has 0 spiro atoms. The third-order valence-corrected chi connectivity index (χ3v) is 10.5. The van der Waals surface area contributed by atoms with Gasteiger partial charge in [-0.25, -0.2) is 65.9 Å². The molecule has 0 bridgehead atoms. The minimum Gasteiger partial charge on any atom is -0.234 e. The fourth-order valence-electron chi connectivity index (χ4n) is 3.83. The lowest BCUT2D eigenvalue weighted by Crippen LogP contribution is -2.37. The summed E-state index contributed by atoms with van der Waals surface area (Å²) in [6.45, 7) is 0. The van der Waals surface area contributed by atoms with Gasteiger partial charge in [0.15, 0.2) is 69.7 Å². The molecule has 2 unspecified atom stereocenters. The summed E-state index contributed by atoms with van der Waals surface area (Å²) >= 11 is 4.55. The summed E-state index contributed by atoms with van der Waals surface area (Å²) in [4.78, 5) is 0. The van der Waals surface area contributed by atoms with Gasteiger partial charge in [-0.1, -0.05) is 11.8 Å². The predicted octanol–water partition coefficient (Wildman–Crippen LogP) is 6.67. The molecule has 0 aliphatic heterocycles. The van der Waals surface area contributed by atoms with Gasteiger partial charge in [0.05, 0.1) is 22.0 Å². The number of hydrogen-bond acceptors (Lipinski definition) is 1. The minimum atomic E-state index is -6.55. The zero-order chi connectivity index (χ0) is 27.4. The van der Waals surface area contributed by atoms with Crippen molar-refractivity contribution >= 4 is 28.5 Å². The average Bonchev–Trinajstić information content (AvgIpc) is 3.40. The lowest BCUT2D eigenvalue weighted by atomic mass is 10.1. The van der Waals surface area contributed by atoms with E-state index in [0.29, 0.717) is 0 Å². The van der Waals surface area contributed by atoms with Crippen molar-refractivity contribution in [3.05, 3.63) is 81.0 Å². The second-order valence-electron chi connectivity index (χ2n) is 7.52. The second-order valence-corrected chi connectivity index (χ2v) is 11.7. The molecule has 36 heavy (non-hydrogen) atoms. The van der Waals surface area contributed by atoms with Crippen molar-refractivity contribution in [3.8, 4) is 0 Å². The summed E-state index contributed by atoms with van der Waals surface area (Å²) in [7, 11) is 0. The Balaban J connectivity index is 2.34. The molecule has 2 aromatic carbocycles. The van der Waals surface area contributed by atoms with Crippen molar-refractivity contribution in [2.24, 2.45) is 0 Å². The Morgan fingerprint density at radius 1 is 0.472 bits per heavy atom. The molecule has 194 valence electrons. The average molecular weight is 578 g/mol. The first-order valence-corrected chi connectivity index (χ1v) is 11.7. The Morgan fingerprint density at radius 2 is 0.778 bits per heavy atom. The van der Waals surface area contributed by atoms with Crippen LogP contribution < -0.4 is 10.6 Å². The van der Waals surface area contributed by atoms with Crippen LogP contribution in [0.5, 0.6) is 0 Å². The Bertz CT molecular complexity index is 1380. The van der Waals surface area contributed by atoms with Gasteiger partial charge in [0, 0.05) is 6.42 Å². The number of rotatable bonds is 3. The molecule has 0 heterocycles. The molecule has 2 atom stereocenters. The lowest BCUT2D eigenvalue weighted by molar-refractivity contribution is 0.188. The van der Waals surface area contributed by atoms with Crippen LogP contribution in [0.3, 0.4) is 0 Å². The molecule has 0 nitrogen and oxygen atoms in total. The Kier molecular flexibility index (Phi) is 5.73. The van der Waals surface area contributed by atoms with Crippen LogP contribution in [0.2, 0.25) is 0 Å². The lowest BCUT2D eigenvalue weighted by Gasteiger charge is -2.32. The van der Waals surface area contributed by atoms with Crippen LogP contribution in [-0.4, -0.2) is 11.3 Å². The van der Waals surface area contributed by atoms with Gasteiger partial charge in [-0.2, -0.15) is 0 Å². The fraction of sp³-hybridized carbons (Fsp3) is 0.158. The number of benzene rings is 2. The number of allylic oxidation sites excluding steroid dienone is 4. The maximum absolute atomic E-state index is 15.5. The molecule has 2 aliphatic carbocycles. The van der Waals surface area contributed by atoms with Gasteiger partial charge in [0.1, 0.15) is 0 Å². The quantitative estimate of drug-likeness (QED) is 0.170. The van der Waals surface area contributed by atoms with Crippen molar-refractivity contribution in [3.63, 3.8) is 0 Å². The molecular weight excluding hydrogens is 576 g/mol. The maximum Gasteiger partial charge on any atom is 0.206 e. The largest absolute Gasteiger partial charge is 0.234 e. The van der Waals surface area contributed by atoms with Gasteiger partial charge in [0.25, 0.3) is 0 Å². The van der Waals surface area contributed by atoms with Crippen molar-refractivity contribution in [2.75, 3.05) is 0 Å². The molecule has 0 N–H and O–H groups in total. The first-order valence-electron chi connectivity index (χ1n) is 8.90. The van der Waals surface area contributed by atoms with Gasteiger partial charge in [-0.15, -0.1) is 0 Å². The monoisotopic (exact) mass is 578 g/mol.